The van der Waals surface area contributed by atoms with Gasteiger partial charge in [0.05, 0.1) is 5.88 Å². The minimum absolute atomic E-state index is 0.0208. The van der Waals surface area contributed by atoms with Crippen molar-refractivity contribution in [3.8, 4) is 11.8 Å². The average molecular weight is 255 g/mol. The summed E-state index contributed by atoms with van der Waals surface area (Å²) in [6.07, 6.45) is 0. The first kappa shape index (κ1) is 12.4. The minimum atomic E-state index is 0.0208. The molecule has 0 spiro atoms. The van der Waals surface area contributed by atoms with Crippen molar-refractivity contribution in [3.63, 3.8) is 0 Å². The zero-order chi connectivity index (χ0) is 12.8. The number of alkyl halides is 1. The van der Waals surface area contributed by atoms with Crippen LogP contribution in [0.2, 0.25) is 0 Å². The lowest BCUT2D eigenvalue weighted by atomic mass is 10.0. The standard InChI is InChI=1S/C16H11ClO/c17-12-4-5-13-8-10-15(11-9-13)16(18)14-6-2-1-3-7-14/h1-3,6-11H,12H2. The Labute approximate surface area is 111 Å². The lowest BCUT2D eigenvalue weighted by Gasteiger charge is -2.00. The molecule has 0 aromatic heterocycles. The molecule has 2 aromatic carbocycles. The minimum Gasteiger partial charge on any atom is -0.289 e. The van der Waals surface area contributed by atoms with Gasteiger partial charge in [-0.05, 0) is 24.3 Å². The average Bonchev–Trinajstić information content (AvgIpc) is 2.46. The van der Waals surface area contributed by atoms with E-state index in [1.807, 2.05) is 42.5 Å². The summed E-state index contributed by atoms with van der Waals surface area (Å²) in [5, 5.41) is 0. The van der Waals surface area contributed by atoms with Gasteiger partial charge < -0.3 is 0 Å². The Bertz CT molecular complexity index is 588. The predicted molar refractivity (Wildman–Crippen MR) is 73.9 cm³/mol. The maximum atomic E-state index is 12.1. The SMILES string of the molecule is O=C(c1ccccc1)c1ccc(C#CCCl)cc1. The van der Waals surface area contributed by atoms with E-state index in [4.69, 9.17) is 11.6 Å². The van der Waals surface area contributed by atoms with Crippen LogP contribution in [0.4, 0.5) is 0 Å². The summed E-state index contributed by atoms with van der Waals surface area (Å²) in [7, 11) is 0. The summed E-state index contributed by atoms with van der Waals surface area (Å²) in [6, 6.07) is 16.4. The van der Waals surface area contributed by atoms with Crippen LogP contribution in [-0.4, -0.2) is 11.7 Å². The van der Waals surface area contributed by atoms with E-state index < -0.39 is 0 Å². The number of halogens is 1. The largest absolute Gasteiger partial charge is 0.289 e. The van der Waals surface area contributed by atoms with Crippen LogP contribution in [-0.2, 0) is 0 Å². The summed E-state index contributed by atoms with van der Waals surface area (Å²) in [5.74, 6) is 6.01. The van der Waals surface area contributed by atoms with Crippen molar-refractivity contribution in [3.05, 3.63) is 71.3 Å². The van der Waals surface area contributed by atoms with E-state index in [2.05, 4.69) is 11.8 Å². The van der Waals surface area contributed by atoms with Crippen molar-refractivity contribution in [2.24, 2.45) is 0 Å². The normalized spacial score (nSPS) is 9.39. The van der Waals surface area contributed by atoms with Gasteiger partial charge in [0.2, 0.25) is 0 Å². The third-order valence-corrected chi connectivity index (χ3v) is 2.62. The molecule has 0 radical (unpaired) electrons. The van der Waals surface area contributed by atoms with Crippen molar-refractivity contribution in [1.29, 1.82) is 0 Å². The molecule has 0 atom stereocenters. The fourth-order valence-electron chi connectivity index (χ4n) is 1.60. The predicted octanol–water partition coefficient (Wildman–Crippen LogP) is 3.51. The van der Waals surface area contributed by atoms with E-state index in [1.54, 1.807) is 12.1 Å². The van der Waals surface area contributed by atoms with Gasteiger partial charge in [-0.15, -0.1) is 11.6 Å². The lowest BCUT2D eigenvalue weighted by molar-refractivity contribution is 0.103. The maximum absolute atomic E-state index is 12.1. The van der Waals surface area contributed by atoms with E-state index in [9.17, 15) is 4.79 Å². The maximum Gasteiger partial charge on any atom is 0.193 e. The van der Waals surface area contributed by atoms with Gasteiger partial charge in [0.1, 0.15) is 0 Å². The summed E-state index contributed by atoms with van der Waals surface area (Å²) in [5.41, 5.74) is 2.22. The Kier molecular flexibility index (Phi) is 4.17. The molecule has 0 aliphatic carbocycles. The molecule has 0 aliphatic rings. The molecule has 18 heavy (non-hydrogen) atoms. The Morgan fingerprint density at radius 3 is 2.17 bits per heavy atom. The van der Waals surface area contributed by atoms with Crippen molar-refractivity contribution < 1.29 is 4.79 Å². The first-order chi connectivity index (χ1) is 8.81. The molecule has 0 fully saturated rings. The van der Waals surface area contributed by atoms with Gasteiger partial charge in [-0.1, -0.05) is 42.2 Å². The third kappa shape index (κ3) is 3.00. The highest BCUT2D eigenvalue weighted by atomic mass is 35.5. The summed E-state index contributed by atoms with van der Waals surface area (Å²) in [6.45, 7) is 0. The van der Waals surface area contributed by atoms with Gasteiger partial charge in [0.15, 0.2) is 5.78 Å². The second-order valence-corrected chi connectivity index (χ2v) is 3.98. The van der Waals surface area contributed by atoms with Crippen LogP contribution in [0.1, 0.15) is 21.5 Å². The second-order valence-electron chi connectivity index (χ2n) is 3.71. The fourth-order valence-corrected chi connectivity index (χ4v) is 1.66. The molecule has 0 bridgehead atoms. The Morgan fingerprint density at radius 2 is 1.56 bits per heavy atom. The second kappa shape index (κ2) is 6.05. The van der Waals surface area contributed by atoms with Gasteiger partial charge in [0.25, 0.3) is 0 Å². The molecule has 88 valence electrons. The number of ketones is 1. The van der Waals surface area contributed by atoms with Gasteiger partial charge in [-0.25, -0.2) is 0 Å². The van der Waals surface area contributed by atoms with Gasteiger partial charge in [-0.2, -0.15) is 0 Å². The van der Waals surface area contributed by atoms with Crippen LogP contribution in [0.25, 0.3) is 0 Å². The number of hydrogen-bond donors (Lipinski definition) is 0. The number of carbonyl (C=O) groups is 1. The van der Waals surface area contributed by atoms with E-state index in [0.29, 0.717) is 17.0 Å². The highest BCUT2D eigenvalue weighted by molar-refractivity contribution is 6.19. The topological polar surface area (TPSA) is 17.1 Å². The molecule has 0 heterocycles. The monoisotopic (exact) mass is 254 g/mol. The number of hydrogen-bond acceptors (Lipinski definition) is 1. The molecule has 2 heteroatoms. The zero-order valence-corrected chi connectivity index (χ0v) is 10.4. The van der Waals surface area contributed by atoms with Crippen LogP contribution in [0, 0.1) is 11.8 Å². The summed E-state index contributed by atoms with van der Waals surface area (Å²) < 4.78 is 0. The molecule has 0 saturated heterocycles. The summed E-state index contributed by atoms with van der Waals surface area (Å²) >= 11 is 5.49. The highest BCUT2D eigenvalue weighted by Crippen LogP contribution is 2.10. The Hall–Kier alpha value is -2.04. The molecular formula is C16H11ClO. The third-order valence-electron chi connectivity index (χ3n) is 2.48. The van der Waals surface area contributed by atoms with Crippen molar-refractivity contribution >= 4 is 17.4 Å². The van der Waals surface area contributed by atoms with Crippen LogP contribution >= 0.6 is 11.6 Å². The number of carbonyl (C=O) groups excluding carboxylic acids is 1. The molecule has 2 rings (SSSR count). The fraction of sp³-hybridized carbons (Fsp3) is 0.0625. The van der Waals surface area contributed by atoms with Gasteiger partial charge in [0, 0.05) is 16.7 Å². The van der Waals surface area contributed by atoms with E-state index in [1.165, 1.54) is 0 Å². The molecule has 0 amide bonds. The lowest BCUT2D eigenvalue weighted by Crippen LogP contribution is -2.00. The van der Waals surface area contributed by atoms with Crippen LogP contribution < -0.4 is 0 Å². The Balaban J connectivity index is 2.22. The highest BCUT2D eigenvalue weighted by Gasteiger charge is 2.07. The number of benzene rings is 2. The smallest absolute Gasteiger partial charge is 0.193 e. The van der Waals surface area contributed by atoms with E-state index >= 15 is 0 Å². The van der Waals surface area contributed by atoms with Crippen molar-refractivity contribution in [2.75, 3.05) is 5.88 Å². The molecule has 0 N–H and O–H groups in total. The Morgan fingerprint density at radius 1 is 0.944 bits per heavy atom. The van der Waals surface area contributed by atoms with Crippen LogP contribution in [0.15, 0.2) is 54.6 Å². The molecule has 0 saturated carbocycles. The van der Waals surface area contributed by atoms with E-state index in [-0.39, 0.29) is 5.78 Å². The quantitative estimate of drug-likeness (QED) is 0.455. The van der Waals surface area contributed by atoms with Crippen LogP contribution in [0.5, 0.6) is 0 Å². The zero-order valence-electron chi connectivity index (χ0n) is 9.69. The van der Waals surface area contributed by atoms with E-state index in [0.717, 1.165) is 5.56 Å². The molecule has 2 aromatic rings. The van der Waals surface area contributed by atoms with Crippen LogP contribution in [0.3, 0.4) is 0 Å². The molecule has 0 aliphatic heterocycles. The first-order valence-electron chi connectivity index (χ1n) is 5.56. The molecule has 1 nitrogen and oxygen atoms in total. The van der Waals surface area contributed by atoms with Gasteiger partial charge >= 0.3 is 0 Å². The number of rotatable bonds is 2. The van der Waals surface area contributed by atoms with Gasteiger partial charge in [-0.3, -0.25) is 4.79 Å². The summed E-state index contributed by atoms with van der Waals surface area (Å²) in [4.78, 5) is 12.1. The van der Waals surface area contributed by atoms with Crippen molar-refractivity contribution in [1.82, 2.24) is 0 Å². The van der Waals surface area contributed by atoms with Crippen molar-refractivity contribution in [2.45, 2.75) is 0 Å². The first-order valence-corrected chi connectivity index (χ1v) is 6.09. The molecular weight excluding hydrogens is 244 g/mol. The molecule has 0 unspecified atom stereocenters.